The maximum Gasteiger partial charge on any atom is 0.253 e. The van der Waals surface area contributed by atoms with Crippen molar-refractivity contribution in [2.75, 3.05) is 4.90 Å². The molecule has 2 N–H and O–H groups in total. The largest absolute Gasteiger partial charge is 0.350 e. The molecule has 192 valence electrons. The number of aryl methyl sites for hydroxylation is 1. The lowest BCUT2D eigenvalue weighted by molar-refractivity contribution is 0.0924. The zero-order chi connectivity index (χ0) is 26.1. The summed E-state index contributed by atoms with van der Waals surface area (Å²) >= 11 is 0. The van der Waals surface area contributed by atoms with E-state index in [1.807, 2.05) is 73.7 Å². The second-order valence-corrected chi connectivity index (χ2v) is 10.3. The van der Waals surface area contributed by atoms with E-state index in [2.05, 4.69) is 25.5 Å². The van der Waals surface area contributed by atoms with Crippen molar-refractivity contribution < 1.29 is 9.59 Å². The number of benzene rings is 2. The van der Waals surface area contributed by atoms with Crippen LogP contribution in [-0.4, -0.2) is 39.9 Å². The van der Waals surface area contributed by atoms with Gasteiger partial charge in [-0.15, -0.1) is 0 Å². The Labute approximate surface area is 222 Å². The molecule has 2 amide bonds. The van der Waals surface area contributed by atoms with Gasteiger partial charge in [0, 0.05) is 48.0 Å². The number of anilines is 1. The van der Waals surface area contributed by atoms with E-state index in [0.717, 1.165) is 53.5 Å². The molecule has 4 aromatic rings. The average molecular weight is 506 g/mol. The number of piperidine rings is 1. The van der Waals surface area contributed by atoms with Crippen LogP contribution in [0.25, 0.3) is 10.9 Å². The number of fused-ring (bicyclic) bond motifs is 3. The summed E-state index contributed by atoms with van der Waals surface area (Å²) in [7, 11) is 0. The summed E-state index contributed by atoms with van der Waals surface area (Å²) in [5, 5.41) is 7.30. The maximum absolute atomic E-state index is 13.2. The molecule has 6 rings (SSSR count). The molecule has 2 saturated heterocycles. The summed E-state index contributed by atoms with van der Waals surface area (Å²) in [6.45, 7) is 2.45. The van der Waals surface area contributed by atoms with Crippen LogP contribution in [0.1, 0.15) is 57.5 Å². The number of hydrogen-bond acceptors (Lipinski definition) is 5. The molecule has 0 aliphatic carbocycles. The molecule has 38 heavy (non-hydrogen) atoms. The number of carbonyl (C=O) groups is 2. The Morgan fingerprint density at radius 2 is 1.68 bits per heavy atom. The van der Waals surface area contributed by atoms with E-state index in [1.165, 1.54) is 0 Å². The summed E-state index contributed by atoms with van der Waals surface area (Å²) in [5.74, 6) is 0.742. The van der Waals surface area contributed by atoms with E-state index in [-0.39, 0.29) is 17.9 Å². The number of amides is 2. The maximum atomic E-state index is 13.2. The molecule has 2 unspecified atom stereocenters. The van der Waals surface area contributed by atoms with Crippen molar-refractivity contribution in [1.82, 2.24) is 20.6 Å². The van der Waals surface area contributed by atoms with Gasteiger partial charge in [0.2, 0.25) is 0 Å². The molecule has 2 aliphatic rings. The fourth-order valence-corrected chi connectivity index (χ4v) is 6.02. The molecule has 7 heteroatoms. The first-order valence-electron chi connectivity index (χ1n) is 13.3. The van der Waals surface area contributed by atoms with Crippen LogP contribution < -0.4 is 15.5 Å². The fraction of sp³-hybridized carbons (Fsp3) is 0.290. The Morgan fingerprint density at radius 3 is 2.42 bits per heavy atom. The molecule has 2 aromatic heterocycles. The third kappa shape index (κ3) is 4.72. The molecule has 0 radical (unpaired) electrons. The normalized spacial score (nSPS) is 20.3. The van der Waals surface area contributed by atoms with Crippen LogP contribution in [0, 0.1) is 6.92 Å². The summed E-state index contributed by atoms with van der Waals surface area (Å²) in [4.78, 5) is 37.3. The van der Waals surface area contributed by atoms with E-state index in [4.69, 9.17) is 0 Å². The predicted octanol–water partition coefficient (Wildman–Crippen LogP) is 4.80. The topological polar surface area (TPSA) is 87.2 Å². The van der Waals surface area contributed by atoms with Crippen LogP contribution in [0.15, 0.2) is 79.1 Å². The Kier molecular flexibility index (Phi) is 6.50. The Hall–Kier alpha value is -4.26. The van der Waals surface area contributed by atoms with Crippen LogP contribution in [0.4, 0.5) is 5.82 Å². The van der Waals surface area contributed by atoms with Crippen molar-refractivity contribution >= 4 is 28.5 Å². The van der Waals surface area contributed by atoms with E-state index in [1.54, 1.807) is 12.4 Å². The molecule has 0 saturated carbocycles. The highest BCUT2D eigenvalue weighted by Gasteiger charge is 2.42. The molecule has 2 aliphatic heterocycles. The van der Waals surface area contributed by atoms with Crippen LogP contribution in [0.2, 0.25) is 0 Å². The van der Waals surface area contributed by atoms with E-state index >= 15 is 0 Å². The quantitative estimate of drug-likeness (QED) is 0.393. The van der Waals surface area contributed by atoms with Gasteiger partial charge in [-0.2, -0.15) is 0 Å². The molecule has 2 fully saturated rings. The highest BCUT2D eigenvalue weighted by atomic mass is 16.2. The number of nitrogens with zero attached hydrogens (tertiary/aromatic N) is 3. The standard InChI is InChI=1S/C31H31N5O2/c1-20-27(13-9-22-8-5-15-32-29(20)22)31(38)35-24-16-25-11-12-26(17-24)36(25)28-14-10-23(19-33-28)30(37)34-18-21-6-3-2-4-7-21/h2-10,13-15,19,24-26H,11-12,16-18H2,1H3,(H,34,37)(H,35,38). The van der Waals surface area contributed by atoms with Gasteiger partial charge in [0.15, 0.2) is 0 Å². The molecule has 2 bridgehead atoms. The van der Waals surface area contributed by atoms with Crippen LogP contribution in [0.5, 0.6) is 0 Å². The average Bonchev–Trinajstić information content (AvgIpc) is 3.22. The smallest absolute Gasteiger partial charge is 0.253 e. The van der Waals surface area contributed by atoms with Crippen LogP contribution in [0.3, 0.4) is 0 Å². The number of aromatic nitrogens is 2. The Balaban J connectivity index is 1.09. The monoisotopic (exact) mass is 505 g/mol. The highest BCUT2D eigenvalue weighted by Crippen LogP contribution is 2.38. The van der Waals surface area contributed by atoms with Gasteiger partial charge in [-0.3, -0.25) is 14.6 Å². The second kappa shape index (κ2) is 10.2. The van der Waals surface area contributed by atoms with Crippen molar-refractivity contribution in [3.63, 3.8) is 0 Å². The van der Waals surface area contributed by atoms with Gasteiger partial charge in [-0.25, -0.2) is 4.98 Å². The third-order valence-corrected chi connectivity index (χ3v) is 7.91. The van der Waals surface area contributed by atoms with Gasteiger partial charge < -0.3 is 15.5 Å². The fourth-order valence-electron chi connectivity index (χ4n) is 6.02. The van der Waals surface area contributed by atoms with Gasteiger partial charge >= 0.3 is 0 Å². The minimum Gasteiger partial charge on any atom is -0.350 e. The summed E-state index contributed by atoms with van der Waals surface area (Å²) in [6.07, 6.45) is 7.36. The van der Waals surface area contributed by atoms with Crippen molar-refractivity contribution in [2.45, 2.75) is 57.3 Å². The van der Waals surface area contributed by atoms with Gasteiger partial charge in [-0.1, -0.05) is 42.5 Å². The molecule has 2 atom stereocenters. The SMILES string of the molecule is Cc1c(C(=O)NC2CC3CCC(C2)N3c2ccc(C(=O)NCc3ccccc3)cn2)ccc2cccnc12. The summed E-state index contributed by atoms with van der Waals surface area (Å²) in [5.41, 5.74) is 4.09. The van der Waals surface area contributed by atoms with Gasteiger partial charge in [0.05, 0.1) is 11.1 Å². The lowest BCUT2D eigenvalue weighted by atomic mass is 9.96. The second-order valence-electron chi connectivity index (χ2n) is 10.3. The lowest BCUT2D eigenvalue weighted by Gasteiger charge is -2.40. The number of hydrogen-bond donors (Lipinski definition) is 2. The lowest BCUT2D eigenvalue weighted by Crippen LogP contribution is -2.50. The Morgan fingerprint density at radius 1 is 0.895 bits per heavy atom. The molecule has 0 spiro atoms. The minimum absolute atomic E-state index is 0.0307. The third-order valence-electron chi connectivity index (χ3n) is 7.91. The van der Waals surface area contributed by atoms with E-state index in [0.29, 0.717) is 29.8 Å². The van der Waals surface area contributed by atoms with E-state index < -0.39 is 0 Å². The first kappa shape index (κ1) is 24.1. The van der Waals surface area contributed by atoms with Gasteiger partial charge in [0.25, 0.3) is 11.8 Å². The molecular formula is C31H31N5O2. The van der Waals surface area contributed by atoms with E-state index in [9.17, 15) is 9.59 Å². The molecule has 4 heterocycles. The molecule has 7 nitrogen and oxygen atoms in total. The van der Waals surface area contributed by atoms with Crippen molar-refractivity contribution in [1.29, 1.82) is 0 Å². The van der Waals surface area contributed by atoms with Gasteiger partial charge in [-0.05, 0) is 68.0 Å². The molecule has 2 aromatic carbocycles. The highest BCUT2D eigenvalue weighted by molar-refractivity contribution is 6.00. The van der Waals surface area contributed by atoms with Crippen molar-refractivity contribution in [3.8, 4) is 0 Å². The number of pyridine rings is 2. The predicted molar refractivity (Wildman–Crippen MR) is 148 cm³/mol. The van der Waals surface area contributed by atoms with Gasteiger partial charge in [0.1, 0.15) is 5.82 Å². The number of nitrogens with one attached hydrogen (secondary N) is 2. The molecular weight excluding hydrogens is 474 g/mol. The minimum atomic E-state index is -0.128. The number of rotatable bonds is 6. The van der Waals surface area contributed by atoms with Crippen LogP contribution >= 0.6 is 0 Å². The van der Waals surface area contributed by atoms with Crippen molar-refractivity contribution in [3.05, 3.63) is 101 Å². The first-order chi connectivity index (χ1) is 18.6. The number of carbonyl (C=O) groups excluding carboxylic acids is 2. The van der Waals surface area contributed by atoms with Crippen LogP contribution in [-0.2, 0) is 6.54 Å². The van der Waals surface area contributed by atoms with Crippen molar-refractivity contribution in [2.24, 2.45) is 0 Å². The zero-order valence-electron chi connectivity index (χ0n) is 21.4. The first-order valence-corrected chi connectivity index (χ1v) is 13.3. The summed E-state index contributed by atoms with van der Waals surface area (Å²) < 4.78 is 0. The zero-order valence-corrected chi connectivity index (χ0v) is 21.4. The summed E-state index contributed by atoms with van der Waals surface area (Å²) in [6, 6.07) is 22.2. The Bertz CT molecular complexity index is 1460.